The van der Waals surface area contributed by atoms with Crippen LogP contribution in [0.1, 0.15) is 39.7 Å². The quantitative estimate of drug-likeness (QED) is 0.554. The van der Waals surface area contributed by atoms with Crippen molar-refractivity contribution in [3.05, 3.63) is 54.1 Å². The Bertz CT molecular complexity index is 991. The van der Waals surface area contributed by atoms with E-state index in [1.807, 2.05) is 62.4 Å². The number of aryl methyl sites for hydroxylation is 1. The summed E-state index contributed by atoms with van der Waals surface area (Å²) in [7, 11) is 0. The van der Waals surface area contributed by atoms with Gasteiger partial charge in [-0.1, -0.05) is 63.6 Å². The fourth-order valence-electron chi connectivity index (χ4n) is 2.96. The zero-order valence-corrected chi connectivity index (χ0v) is 18.3. The first-order chi connectivity index (χ1) is 14.3. The minimum atomic E-state index is 0.000420. The van der Waals surface area contributed by atoms with Crippen LogP contribution in [-0.4, -0.2) is 27.3 Å². The number of ether oxygens (including phenoxy) is 1. The molecule has 0 aliphatic heterocycles. The van der Waals surface area contributed by atoms with E-state index in [2.05, 4.69) is 36.2 Å². The number of anilines is 1. The Morgan fingerprint density at radius 2 is 1.80 bits per heavy atom. The molecule has 6 nitrogen and oxygen atoms in total. The summed E-state index contributed by atoms with van der Waals surface area (Å²) in [6, 6.07) is 16.1. The highest BCUT2D eigenvalue weighted by Gasteiger charge is 2.16. The van der Waals surface area contributed by atoms with Gasteiger partial charge in [0.2, 0.25) is 5.91 Å². The van der Waals surface area contributed by atoms with Crippen LogP contribution >= 0.6 is 0 Å². The molecule has 0 saturated carbocycles. The van der Waals surface area contributed by atoms with Gasteiger partial charge in [0.1, 0.15) is 0 Å². The molecule has 1 heterocycles. The highest BCUT2D eigenvalue weighted by molar-refractivity contribution is 5.91. The van der Waals surface area contributed by atoms with E-state index in [1.54, 1.807) is 4.68 Å². The fourth-order valence-corrected chi connectivity index (χ4v) is 2.96. The molecule has 3 rings (SSSR count). The molecule has 6 heteroatoms. The maximum absolute atomic E-state index is 12.2. The highest BCUT2D eigenvalue weighted by atomic mass is 16.5. The summed E-state index contributed by atoms with van der Waals surface area (Å²) in [4.78, 5) is 16.8. The van der Waals surface area contributed by atoms with Crippen molar-refractivity contribution in [2.75, 3.05) is 11.9 Å². The van der Waals surface area contributed by atoms with Crippen molar-refractivity contribution in [2.24, 2.45) is 11.8 Å². The van der Waals surface area contributed by atoms with Crippen molar-refractivity contribution in [1.29, 1.82) is 0 Å². The van der Waals surface area contributed by atoms with E-state index in [4.69, 9.17) is 4.74 Å². The summed E-state index contributed by atoms with van der Waals surface area (Å²) < 4.78 is 7.54. The number of hydrogen-bond donors (Lipinski definition) is 1. The SMILES string of the molecule is Cc1ccc(-c2nc(OCC(C)C)nn2-c2cccc(NC(=O)CC(C)C)c2)cc1. The molecule has 0 saturated heterocycles. The normalized spacial score (nSPS) is 11.2. The van der Waals surface area contributed by atoms with E-state index >= 15 is 0 Å². The van der Waals surface area contributed by atoms with Crippen molar-refractivity contribution in [2.45, 2.75) is 41.0 Å². The van der Waals surface area contributed by atoms with Crippen molar-refractivity contribution in [3.63, 3.8) is 0 Å². The molecule has 2 aromatic carbocycles. The lowest BCUT2D eigenvalue weighted by Gasteiger charge is -2.10. The molecule has 0 fully saturated rings. The summed E-state index contributed by atoms with van der Waals surface area (Å²) in [6.45, 7) is 10.8. The van der Waals surface area contributed by atoms with Gasteiger partial charge in [-0.2, -0.15) is 4.98 Å². The van der Waals surface area contributed by atoms with Crippen LogP contribution in [-0.2, 0) is 4.79 Å². The average molecular weight is 407 g/mol. The zero-order valence-electron chi connectivity index (χ0n) is 18.3. The zero-order chi connectivity index (χ0) is 21.7. The van der Waals surface area contributed by atoms with Crippen LogP contribution in [0.3, 0.4) is 0 Å². The third-order valence-corrected chi connectivity index (χ3v) is 4.41. The molecular weight excluding hydrogens is 376 g/mol. The number of rotatable bonds is 8. The standard InChI is InChI=1S/C24H30N4O2/c1-16(2)13-22(29)25-20-7-6-8-21(14-20)28-23(19-11-9-18(5)10-12-19)26-24(27-28)30-15-17(3)4/h6-12,14,16-17H,13,15H2,1-5H3,(H,25,29). The molecule has 0 aliphatic rings. The Kier molecular flexibility index (Phi) is 6.87. The second-order valence-corrected chi connectivity index (χ2v) is 8.40. The molecule has 0 spiro atoms. The smallest absolute Gasteiger partial charge is 0.336 e. The second-order valence-electron chi connectivity index (χ2n) is 8.40. The number of benzene rings is 2. The van der Waals surface area contributed by atoms with Gasteiger partial charge in [-0.25, -0.2) is 4.68 Å². The van der Waals surface area contributed by atoms with Crippen LogP contribution in [0.25, 0.3) is 17.1 Å². The van der Waals surface area contributed by atoms with E-state index in [-0.39, 0.29) is 5.91 Å². The molecule has 1 N–H and O–H groups in total. The molecule has 0 atom stereocenters. The van der Waals surface area contributed by atoms with Crippen LogP contribution < -0.4 is 10.1 Å². The van der Waals surface area contributed by atoms with Crippen LogP contribution in [0, 0.1) is 18.8 Å². The summed E-state index contributed by atoms with van der Waals surface area (Å²) in [6.07, 6.45) is 0.482. The van der Waals surface area contributed by atoms with Crippen molar-refractivity contribution < 1.29 is 9.53 Å². The summed E-state index contributed by atoms with van der Waals surface area (Å²) >= 11 is 0. The average Bonchev–Trinajstić information content (AvgIpc) is 3.11. The van der Waals surface area contributed by atoms with Gasteiger partial charge in [0.25, 0.3) is 0 Å². The van der Waals surface area contributed by atoms with Gasteiger partial charge >= 0.3 is 6.01 Å². The molecule has 30 heavy (non-hydrogen) atoms. The molecule has 0 radical (unpaired) electrons. The molecule has 0 aliphatic carbocycles. The maximum Gasteiger partial charge on any atom is 0.336 e. The molecule has 3 aromatic rings. The predicted molar refractivity (Wildman–Crippen MR) is 120 cm³/mol. The minimum Gasteiger partial charge on any atom is -0.462 e. The van der Waals surface area contributed by atoms with E-state index in [0.717, 1.165) is 16.9 Å². The van der Waals surface area contributed by atoms with Gasteiger partial charge in [0.05, 0.1) is 12.3 Å². The van der Waals surface area contributed by atoms with Gasteiger partial charge in [-0.15, -0.1) is 5.10 Å². The lowest BCUT2D eigenvalue weighted by atomic mass is 10.1. The van der Waals surface area contributed by atoms with Crippen molar-refractivity contribution in [1.82, 2.24) is 14.8 Å². The lowest BCUT2D eigenvalue weighted by Crippen LogP contribution is -2.14. The monoisotopic (exact) mass is 406 g/mol. The molecule has 158 valence electrons. The number of nitrogens with zero attached hydrogens (tertiary/aromatic N) is 3. The first-order valence-electron chi connectivity index (χ1n) is 10.4. The van der Waals surface area contributed by atoms with Crippen LogP contribution in [0.15, 0.2) is 48.5 Å². The van der Waals surface area contributed by atoms with Gasteiger partial charge in [0, 0.05) is 17.7 Å². The van der Waals surface area contributed by atoms with Gasteiger partial charge < -0.3 is 10.1 Å². The molecule has 0 unspecified atom stereocenters. The Morgan fingerprint density at radius 1 is 1.07 bits per heavy atom. The number of amides is 1. The first-order valence-corrected chi connectivity index (χ1v) is 10.4. The lowest BCUT2D eigenvalue weighted by molar-refractivity contribution is -0.116. The van der Waals surface area contributed by atoms with E-state index < -0.39 is 0 Å². The van der Waals surface area contributed by atoms with Crippen LogP contribution in [0.5, 0.6) is 6.01 Å². The Balaban J connectivity index is 1.96. The molecule has 1 aromatic heterocycles. The van der Waals surface area contributed by atoms with E-state index in [1.165, 1.54) is 5.56 Å². The number of carbonyl (C=O) groups excluding carboxylic acids is 1. The highest BCUT2D eigenvalue weighted by Crippen LogP contribution is 2.25. The summed E-state index contributed by atoms with van der Waals surface area (Å²) in [5.74, 6) is 1.37. The molecular formula is C24H30N4O2. The summed E-state index contributed by atoms with van der Waals surface area (Å²) in [5.41, 5.74) is 3.66. The van der Waals surface area contributed by atoms with E-state index in [9.17, 15) is 4.79 Å². The minimum absolute atomic E-state index is 0.000420. The third-order valence-electron chi connectivity index (χ3n) is 4.41. The van der Waals surface area contributed by atoms with Crippen LogP contribution in [0.4, 0.5) is 5.69 Å². The Labute approximate surface area is 178 Å². The van der Waals surface area contributed by atoms with Gasteiger partial charge in [-0.3, -0.25) is 4.79 Å². The third kappa shape index (κ3) is 5.69. The van der Waals surface area contributed by atoms with Gasteiger partial charge in [0.15, 0.2) is 5.82 Å². The number of aromatic nitrogens is 3. The summed E-state index contributed by atoms with van der Waals surface area (Å²) in [5, 5.41) is 7.56. The number of nitrogens with one attached hydrogen (secondary N) is 1. The topological polar surface area (TPSA) is 69.0 Å². The van der Waals surface area contributed by atoms with Crippen molar-refractivity contribution in [3.8, 4) is 23.1 Å². The Morgan fingerprint density at radius 3 is 2.47 bits per heavy atom. The number of hydrogen-bond acceptors (Lipinski definition) is 4. The molecule has 0 bridgehead atoms. The van der Waals surface area contributed by atoms with Crippen LogP contribution in [0.2, 0.25) is 0 Å². The predicted octanol–water partition coefficient (Wildman–Crippen LogP) is 5.26. The van der Waals surface area contributed by atoms with E-state index in [0.29, 0.717) is 36.7 Å². The molecule has 1 amide bonds. The fraction of sp³-hybridized carbons (Fsp3) is 0.375. The maximum atomic E-state index is 12.2. The second kappa shape index (κ2) is 9.57. The Hall–Kier alpha value is -3.15. The first kappa shape index (κ1) is 21.6. The van der Waals surface area contributed by atoms with Gasteiger partial charge in [-0.05, 0) is 37.0 Å². The largest absolute Gasteiger partial charge is 0.462 e. The number of carbonyl (C=O) groups is 1. The van der Waals surface area contributed by atoms with Crippen molar-refractivity contribution >= 4 is 11.6 Å².